The van der Waals surface area contributed by atoms with Crippen molar-refractivity contribution in [2.75, 3.05) is 13.7 Å². The van der Waals surface area contributed by atoms with Crippen LogP contribution in [-0.4, -0.2) is 27.6 Å². The first-order chi connectivity index (χ1) is 9.83. The summed E-state index contributed by atoms with van der Waals surface area (Å²) in [5, 5.41) is 0.316. The summed E-state index contributed by atoms with van der Waals surface area (Å²) in [4.78, 5) is 0.0177. The molecule has 1 aliphatic carbocycles. The maximum atomic E-state index is 12.7. The van der Waals surface area contributed by atoms with Crippen LogP contribution in [0.4, 0.5) is 0 Å². The van der Waals surface area contributed by atoms with E-state index in [0.29, 0.717) is 9.50 Å². The van der Waals surface area contributed by atoms with Gasteiger partial charge in [0.1, 0.15) is 4.90 Å². The molecule has 0 radical (unpaired) electrons. The fourth-order valence-electron chi connectivity index (χ4n) is 2.67. The third-order valence-corrected chi connectivity index (χ3v) is 6.16. The minimum absolute atomic E-state index is 0. The second-order valence-electron chi connectivity index (χ2n) is 5.22. The highest BCUT2D eigenvalue weighted by molar-refractivity contribution is 9.10. The van der Waals surface area contributed by atoms with E-state index in [9.17, 15) is 8.42 Å². The van der Waals surface area contributed by atoms with Gasteiger partial charge in [0.25, 0.3) is 0 Å². The molecule has 0 bridgehead atoms. The SMILES string of the molecule is COc1c(Br)cc(Cl)cc1S(=O)(=O)NC1(CN)CCCC1.Cl. The fourth-order valence-corrected chi connectivity index (χ4v) is 5.53. The van der Waals surface area contributed by atoms with E-state index in [-0.39, 0.29) is 29.6 Å². The number of hydrogen-bond donors (Lipinski definition) is 2. The average molecular weight is 434 g/mol. The standard InChI is InChI=1S/C13H18BrClN2O3S.ClH/c1-20-12-10(14)6-9(15)7-11(12)21(18,19)17-13(8-16)4-2-3-5-13;/h6-7,17H,2-5,8,16H2,1H3;1H. The zero-order chi connectivity index (χ0) is 15.7. The summed E-state index contributed by atoms with van der Waals surface area (Å²) in [7, 11) is -2.35. The maximum Gasteiger partial charge on any atom is 0.244 e. The molecular weight excluding hydrogens is 415 g/mol. The normalized spacial score (nSPS) is 17.1. The molecule has 0 spiro atoms. The molecule has 0 atom stereocenters. The Hall–Kier alpha value is -0.0500. The maximum absolute atomic E-state index is 12.7. The van der Waals surface area contributed by atoms with Crippen molar-refractivity contribution in [2.45, 2.75) is 36.1 Å². The van der Waals surface area contributed by atoms with Gasteiger partial charge in [0, 0.05) is 17.1 Å². The minimum Gasteiger partial charge on any atom is -0.494 e. The van der Waals surface area contributed by atoms with Gasteiger partial charge in [0.2, 0.25) is 10.0 Å². The predicted molar refractivity (Wildman–Crippen MR) is 93.5 cm³/mol. The number of benzene rings is 1. The molecule has 1 aromatic rings. The Morgan fingerprint density at radius 3 is 2.50 bits per heavy atom. The lowest BCUT2D eigenvalue weighted by molar-refractivity contribution is 0.388. The topological polar surface area (TPSA) is 81.4 Å². The number of sulfonamides is 1. The lowest BCUT2D eigenvalue weighted by atomic mass is 10.0. The van der Waals surface area contributed by atoms with E-state index in [1.807, 2.05) is 0 Å². The van der Waals surface area contributed by atoms with Crippen molar-refractivity contribution < 1.29 is 13.2 Å². The molecule has 2 rings (SSSR count). The van der Waals surface area contributed by atoms with E-state index in [0.717, 1.165) is 25.7 Å². The van der Waals surface area contributed by atoms with Crippen LogP contribution in [0, 0.1) is 0 Å². The van der Waals surface area contributed by atoms with Gasteiger partial charge in [-0.05, 0) is 40.9 Å². The van der Waals surface area contributed by atoms with E-state index in [1.54, 1.807) is 6.07 Å². The Kier molecular flexibility index (Phi) is 6.98. The number of hydrogen-bond acceptors (Lipinski definition) is 4. The Labute approximate surface area is 150 Å². The molecule has 0 unspecified atom stereocenters. The number of methoxy groups -OCH3 is 1. The number of ether oxygens (including phenoxy) is 1. The molecule has 0 aliphatic heterocycles. The van der Waals surface area contributed by atoms with Crippen LogP contribution in [-0.2, 0) is 10.0 Å². The summed E-state index contributed by atoms with van der Waals surface area (Å²) >= 11 is 9.24. The first kappa shape index (κ1) is 20.0. The third kappa shape index (κ3) is 4.07. The van der Waals surface area contributed by atoms with Crippen LogP contribution in [0.15, 0.2) is 21.5 Å². The number of nitrogens with one attached hydrogen (secondary N) is 1. The molecule has 0 heterocycles. The summed E-state index contributed by atoms with van der Waals surface area (Å²) in [5.41, 5.74) is 5.22. The highest BCUT2D eigenvalue weighted by atomic mass is 79.9. The lowest BCUT2D eigenvalue weighted by Crippen LogP contribution is -2.51. The Morgan fingerprint density at radius 2 is 2.00 bits per heavy atom. The van der Waals surface area contributed by atoms with Crippen molar-refractivity contribution in [3.05, 3.63) is 21.6 Å². The molecule has 1 aromatic carbocycles. The molecule has 0 aromatic heterocycles. The molecule has 0 amide bonds. The molecule has 5 nitrogen and oxygen atoms in total. The first-order valence-electron chi connectivity index (χ1n) is 6.61. The first-order valence-corrected chi connectivity index (χ1v) is 9.26. The molecular formula is C13H19BrCl2N2O3S. The smallest absolute Gasteiger partial charge is 0.244 e. The van der Waals surface area contributed by atoms with Gasteiger partial charge >= 0.3 is 0 Å². The Balaban J connectivity index is 0.00000242. The highest BCUT2D eigenvalue weighted by Gasteiger charge is 2.38. The zero-order valence-corrected chi connectivity index (χ0v) is 16.0. The molecule has 9 heteroatoms. The van der Waals surface area contributed by atoms with Gasteiger partial charge in [-0.15, -0.1) is 12.4 Å². The van der Waals surface area contributed by atoms with Crippen LogP contribution >= 0.6 is 39.9 Å². The predicted octanol–water partition coefficient (Wildman–Crippen LogP) is 3.08. The molecule has 126 valence electrons. The van der Waals surface area contributed by atoms with Crippen LogP contribution < -0.4 is 15.2 Å². The molecule has 1 aliphatic rings. The average Bonchev–Trinajstić information content (AvgIpc) is 2.86. The van der Waals surface area contributed by atoms with Gasteiger partial charge < -0.3 is 10.5 Å². The van der Waals surface area contributed by atoms with E-state index in [4.69, 9.17) is 22.1 Å². The molecule has 3 N–H and O–H groups in total. The number of rotatable bonds is 5. The van der Waals surface area contributed by atoms with Crippen LogP contribution in [0.3, 0.4) is 0 Å². The van der Waals surface area contributed by atoms with Crippen molar-refractivity contribution in [2.24, 2.45) is 5.73 Å². The van der Waals surface area contributed by atoms with E-state index >= 15 is 0 Å². The highest BCUT2D eigenvalue weighted by Crippen LogP contribution is 2.37. The third-order valence-electron chi connectivity index (χ3n) is 3.77. The second-order valence-corrected chi connectivity index (χ2v) is 8.16. The summed E-state index contributed by atoms with van der Waals surface area (Å²) in [6, 6.07) is 2.97. The van der Waals surface area contributed by atoms with E-state index < -0.39 is 15.6 Å². The van der Waals surface area contributed by atoms with Gasteiger partial charge in [-0.1, -0.05) is 24.4 Å². The van der Waals surface area contributed by atoms with Gasteiger partial charge in [-0.3, -0.25) is 0 Å². The van der Waals surface area contributed by atoms with Gasteiger partial charge in [0.05, 0.1) is 11.6 Å². The van der Waals surface area contributed by atoms with Crippen molar-refractivity contribution in [1.82, 2.24) is 4.72 Å². The van der Waals surface area contributed by atoms with Crippen molar-refractivity contribution >= 4 is 50.0 Å². The van der Waals surface area contributed by atoms with Crippen LogP contribution in [0.5, 0.6) is 5.75 Å². The molecule has 0 saturated heterocycles. The van der Waals surface area contributed by atoms with Crippen LogP contribution in [0.1, 0.15) is 25.7 Å². The molecule has 1 saturated carbocycles. The second kappa shape index (κ2) is 7.68. The molecule has 22 heavy (non-hydrogen) atoms. The van der Waals surface area contributed by atoms with E-state index in [1.165, 1.54) is 13.2 Å². The van der Waals surface area contributed by atoms with Crippen molar-refractivity contribution in [1.29, 1.82) is 0 Å². The largest absolute Gasteiger partial charge is 0.494 e. The monoisotopic (exact) mass is 432 g/mol. The van der Waals surface area contributed by atoms with Crippen LogP contribution in [0.2, 0.25) is 5.02 Å². The number of halogens is 3. The van der Waals surface area contributed by atoms with Crippen molar-refractivity contribution in [3.63, 3.8) is 0 Å². The van der Waals surface area contributed by atoms with Crippen molar-refractivity contribution in [3.8, 4) is 5.75 Å². The Bertz CT molecular complexity index is 634. The van der Waals surface area contributed by atoms with E-state index in [2.05, 4.69) is 20.7 Å². The summed E-state index contributed by atoms with van der Waals surface area (Å²) in [6.07, 6.45) is 3.42. The fraction of sp³-hybridized carbons (Fsp3) is 0.538. The summed E-state index contributed by atoms with van der Waals surface area (Å²) in [6.45, 7) is 0.274. The van der Waals surface area contributed by atoms with Gasteiger partial charge in [0.15, 0.2) is 5.75 Å². The lowest BCUT2D eigenvalue weighted by Gasteiger charge is -2.28. The van der Waals surface area contributed by atoms with Gasteiger partial charge in [-0.2, -0.15) is 0 Å². The zero-order valence-electron chi connectivity index (χ0n) is 12.1. The summed E-state index contributed by atoms with van der Waals surface area (Å²) < 4.78 is 33.9. The van der Waals surface area contributed by atoms with Crippen LogP contribution in [0.25, 0.3) is 0 Å². The minimum atomic E-state index is -3.77. The Morgan fingerprint density at radius 1 is 1.41 bits per heavy atom. The summed E-state index contributed by atoms with van der Waals surface area (Å²) in [5.74, 6) is 0.233. The van der Waals surface area contributed by atoms with Gasteiger partial charge in [-0.25, -0.2) is 13.1 Å². The quantitative estimate of drug-likeness (QED) is 0.747. The molecule has 1 fully saturated rings. The number of nitrogens with two attached hydrogens (primary N) is 1.